The van der Waals surface area contributed by atoms with E-state index in [0.717, 1.165) is 31.3 Å². The minimum Gasteiger partial charge on any atom is -0.349 e. The van der Waals surface area contributed by atoms with Gasteiger partial charge in [0, 0.05) is 38.1 Å². The third-order valence-electron chi connectivity index (χ3n) is 4.59. The van der Waals surface area contributed by atoms with Crippen LogP contribution in [0.15, 0.2) is 29.7 Å². The normalized spacial score (nSPS) is 18.9. The summed E-state index contributed by atoms with van der Waals surface area (Å²) < 4.78 is 4.75. The fraction of sp³-hybridized carbons (Fsp3) is 0.588. The molecule has 0 fully saturated rings. The molecule has 0 aromatic carbocycles. The lowest BCUT2D eigenvalue weighted by atomic mass is 9.97. The summed E-state index contributed by atoms with van der Waals surface area (Å²) in [6.45, 7) is 11.0. The van der Waals surface area contributed by atoms with Gasteiger partial charge in [-0.3, -0.25) is 4.90 Å². The van der Waals surface area contributed by atoms with E-state index in [-0.39, 0.29) is 0 Å². The standard InChI is InChI=1S/C17H26N4S/c1-5-21-14(11-18-17(21)22-4)12-20-10-9-19-8-6-7-15(19)16(20)13(2)3/h6-8,11,13,16H,5,9-10,12H2,1-4H3/t16-/m1/s1. The Hall–Kier alpha value is -1.20. The van der Waals surface area contributed by atoms with Gasteiger partial charge in [-0.25, -0.2) is 4.98 Å². The van der Waals surface area contributed by atoms with E-state index in [4.69, 9.17) is 0 Å². The Labute approximate surface area is 137 Å². The van der Waals surface area contributed by atoms with E-state index < -0.39 is 0 Å². The van der Waals surface area contributed by atoms with Crippen LogP contribution >= 0.6 is 11.8 Å². The Morgan fingerprint density at radius 2 is 2.18 bits per heavy atom. The molecule has 5 heteroatoms. The van der Waals surface area contributed by atoms with E-state index in [0.29, 0.717) is 12.0 Å². The van der Waals surface area contributed by atoms with Crippen molar-refractivity contribution in [3.05, 3.63) is 35.9 Å². The molecular weight excluding hydrogens is 292 g/mol. The maximum absolute atomic E-state index is 4.57. The van der Waals surface area contributed by atoms with Crippen molar-refractivity contribution >= 4 is 11.8 Å². The summed E-state index contributed by atoms with van der Waals surface area (Å²) in [6, 6.07) is 4.94. The predicted molar refractivity (Wildman–Crippen MR) is 92.1 cm³/mol. The lowest BCUT2D eigenvalue weighted by Crippen LogP contribution is -2.40. The summed E-state index contributed by atoms with van der Waals surface area (Å²) in [4.78, 5) is 7.19. The lowest BCUT2D eigenvalue weighted by molar-refractivity contribution is 0.109. The number of hydrogen-bond acceptors (Lipinski definition) is 3. The number of rotatable bonds is 5. The van der Waals surface area contributed by atoms with Gasteiger partial charge in [0.15, 0.2) is 5.16 Å². The molecule has 0 N–H and O–H groups in total. The molecule has 1 aliphatic heterocycles. The molecular formula is C17H26N4S. The van der Waals surface area contributed by atoms with Crippen molar-refractivity contribution in [1.29, 1.82) is 0 Å². The molecule has 3 heterocycles. The predicted octanol–water partition coefficient (Wildman–Crippen LogP) is 3.64. The highest BCUT2D eigenvalue weighted by atomic mass is 32.2. The maximum Gasteiger partial charge on any atom is 0.167 e. The van der Waals surface area contributed by atoms with Crippen molar-refractivity contribution in [1.82, 2.24) is 19.0 Å². The van der Waals surface area contributed by atoms with E-state index in [1.54, 1.807) is 11.8 Å². The van der Waals surface area contributed by atoms with Gasteiger partial charge >= 0.3 is 0 Å². The number of fused-ring (bicyclic) bond motifs is 1. The number of nitrogens with zero attached hydrogens (tertiary/aromatic N) is 4. The van der Waals surface area contributed by atoms with Gasteiger partial charge in [0.1, 0.15) is 0 Å². The Balaban J connectivity index is 1.87. The van der Waals surface area contributed by atoms with E-state index in [2.05, 4.69) is 70.6 Å². The minimum absolute atomic E-state index is 0.488. The van der Waals surface area contributed by atoms with Crippen molar-refractivity contribution in [3.8, 4) is 0 Å². The van der Waals surface area contributed by atoms with E-state index >= 15 is 0 Å². The Kier molecular flexibility index (Phi) is 4.64. The first-order valence-corrected chi connectivity index (χ1v) is 9.35. The van der Waals surface area contributed by atoms with Gasteiger partial charge in [0.05, 0.1) is 17.9 Å². The second kappa shape index (κ2) is 6.50. The summed E-state index contributed by atoms with van der Waals surface area (Å²) >= 11 is 1.73. The fourth-order valence-electron chi connectivity index (χ4n) is 3.63. The molecule has 2 aromatic heterocycles. The monoisotopic (exact) mass is 318 g/mol. The molecule has 0 aliphatic carbocycles. The van der Waals surface area contributed by atoms with Gasteiger partial charge in [0.2, 0.25) is 0 Å². The largest absolute Gasteiger partial charge is 0.349 e. The van der Waals surface area contributed by atoms with E-state index in [1.807, 2.05) is 0 Å². The number of imidazole rings is 1. The van der Waals surface area contributed by atoms with Gasteiger partial charge in [-0.2, -0.15) is 0 Å². The first-order valence-electron chi connectivity index (χ1n) is 8.13. The highest BCUT2D eigenvalue weighted by Crippen LogP contribution is 2.33. The van der Waals surface area contributed by atoms with Crippen LogP contribution in [0.1, 0.15) is 38.2 Å². The molecule has 120 valence electrons. The van der Waals surface area contributed by atoms with Crippen LogP contribution in [0, 0.1) is 5.92 Å². The highest BCUT2D eigenvalue weighted by molar-refractivity contribution is 7.98. The van der Waals surface area contributed by atoms with Crippen LogP contribution in [0.2, 0.25) is 0 Å². The van der Waals surface area contributed by atoms with Gasteiger partial charge in [-0.15, -0.1) is 0 Å². The lowest BCUT2D eigenvalue weighted by Gasteiger charge is -2.39. The minimum atomic E-state index is 0.488. The van der Waals surface area contributed by atoms with Crippen LogP contribution in [-0.2, 0) is 19.6 Å². The summed E-state index contributed by atoms with van der Waals surface area (Å²) in [5.74, 6) is 0.604. The Morgan fingerprint density at radius 1 is 1.36 bits per heavy atom. The first kappa shape index (κ1) is 15.7. The van der Waals surface area contributed by atoms with Gasteiger partial charge in [-0.05, 0) is 31.2 Å². The third kappa shape index (κ3) is 2.72. The SMILES string of the molecule is CCn1c(CN2CCn3cccc3[C@H]2C(C)C)cnc1SC. The van der Waals surface area contributed by atoms with Gasteiger partial charge in [-0.1, -0.05) is 25.6 Å². The van der Waals surface area contributed by atoms with Crippen molar-refractivity contribution in [2.45, 2.75) is 51.6 Å². The Morgan fingerprint density at radius 3 is 2.86 bits per heavy atom. The maximum atomic E-state index is 4.57. The number of thioether (sulfide) groups is 1. The summed E-state index contributed by atoms with van der Waals surface area (Å²) in [5.41, 5.74) is 2.78. The zero-order valence-corrected chi connectivity index (χ0v) is 14.8. The molecule has 1 aliphatic rings. The van der Waals surface area contributed by atoms with Crippen LogP contribution < -0.4 is 0 Å². The molecule has 0 unspecified atom stereocenters. The topological polar surface area (TPSA) is 26.0 Å². The van der Waals surface area contributed by atoms with Crippen LogP contribution in [0.4, 0.5) is 0 Å². The average Bonchev–Trinajstić information content (AvgIpc) is 3.12. The molecule has 0 radical (unpaired) electrons. The van der Waals surface area contributed by atoms with Gasteiger partial charge in [0.25, 0.3) is 0 Å². The molecule has 1 atom stereocenters. The van der Waals surface area contributed by atoms with Crippen molar-refractivity contribution < 1.29 is 0 Å². The van der Waals surface area contributed by atoms with Crippen LogP contribution in [0.3, 0.4) is 0 Å². The highest BCUT2D eigenvalue weighted by Gasteiger charge is 2.30. The third-order valence-corrected chi connectivity index (χ3v) is 5.28. The molecule has 0 saturated heterocycles. The van der Waals surface area contributed by atoms with Crippen molar-refractivity contribution in [3.63, 3.8) is 0 Å². The zero-order chi connectivity index (χ0) is 15.7. The number of hydrogen-bond donors (Lipinski definition) is 0. The zero-order valence-electron chi connectivity index (χ0n) is 14.0. The molecule has 0 bridgehead atoms. The average molecular weight is 318 g/mol. The van der Waals surface area contributed by atoms with Crippen LogP contribution in [0.25, 0.3) is 0 Å². The van der Waals surface area contributed by atoms with Gasteiger partial charge < -0.3 is 9.13 Å². The molecule has 22 heavy (non-hydrogen) atoms. The molecule has 0 amide bonds. The smallest absolute Gasteiger partial charge is 0.167 e. The summed E-state index contributed by atoms with van der Waals surface area (Å²) in [5, 5.41) is 1.12. The van der Waals surface area contributed by atoms with Crippen molar-refractivity contribution in [2.75, 3.05) is 12.8 Å². The van der Waals surface area contributed by atoms with Crippen LogP contribution in [0.5, 0.6) is 0 Å². The number of aromatic nitrogens is 3. The summed E-state index contributed by atoms with van der Waals surface area (Å²) in [7, 11) is 0. The van der Waals surface area contributed by atoms with E-state index in [1.165, 1.54) is 11.4 Å². The first-order chi connectivity index (χ1) is 10.7. The second-order valence-electron chi connectivity index (χ2n) is 6.27. The molecule has 2 aromatic rings. The fourth-order valence-corrected chi connectivity index (χ4v) is 4.25. The summed E-state index contributed by atoms with van der Waals surface area (Å²) in [6.07, 6.45) is 6.37. The van der Waals surface area contributed by atoms with Crippen LogP contribution in [-0.4, -0.2) is 31.8 Å². The van der Waals surface area contributed by atoms with E-state index in [9.17, 15) is 0 Å². The van der Waals surface area contributed by atoms with Crippen molar-refractivity contribution in [2.24, 2.45) is 5.92 Å². The Bertz CT molecular complexity index is 628. The molecule has 4 nitrogen and oxygen atoms in total. The second-order valence-corrected chi connectivity index (χ2v) is 7.04. The molecule has 3 rings (SSSR count). The molecule has 0 saturated carbocycles. The molecule has 0 spiro atoms. The quantitative estimate of drug-likeness (QED) is 0.787.